The zero-order valence-electron chi connectivity index (χ0n) is 12.2. The van der Waals surface area contributed by atoms with Crippen molar-refractivity contribution in [2.75, 3.05) is 37.7 Å². The molecule has 1 unspecified atom stereocenters. The van der Waals surface area contributed by atoms with Crippen LogP contribution in [0.1, 0.15) is 19.3 Å². The second-order valence-corrected chi connectivity index (χ2v) is 5.81. The Morgan fingerprint density at radius 2 is 2.24 bits per heavy atom. The SMILES string of the molecule is O=C(NCC1CCOCC1)C1CCN(c2cccnn2)C1. The smallest absolute Gasteiger partial charge is 0.224 e. The summed E-state index contributed by atoms with van der Waals surface area (Å²) < 4.78 is 5.34. The van der Waals surface area contributed by atoms with Crippen LogP contribution in [0.25, 0.3) is 0 Å². The largest absolute Gasteiger partial charge is 0.381 e. The first-order valence-corrected chi connectivity index (χ1v) is 7.71. The summed E-state index contributed by atoms with van der Waals surface area (Å²) in [7, 11) is 0. The van der Waals surface area contributed by atoms with Crippen LogP contribution in [0.5, 0.6) is 0 Å². The number of rotatable bonds is 4. The molecule has 2 aliphatic heterocycles. The molecule has 114 valence electrons. The van der Waals surface area contributed by atoms with Crippen LogP contribution >= 0.6 is 0 Å². The van der Waals surface area contributed by atoms with E-state index in [1.54, 1.807) is 6.20 Å². The minimum absolute atomic E-state index is 0.0619. The first-order chi connectivity index (χ1) is 10.3. The molecule has 0 aliphatic carbocycles. The molecule has 1 N–H and O–H groups in total. The molecule has 21 heavy (non-hydrogen) atoms. The van der Waals surface area contributed by atoms with E-state index >= 15 is 0 Å². The normalized spacial score (nSPS) is 23.2. The highest BCUT2D eigenvalue weighted by Gasteiger charge is 2.29. The Morgan fingerprint density at radius 3 is 3.00 bits per heavy atom. The van der Waals surface area contributed by atoms with E-state index in [2.05, 4.69) is 20.4 Å². The average Bonchev–Trinajstić information content (AvgIpc) is 3.04. The molecule has 3 rings (SSSR count). The van der Waals surface area contributed by atoms with Gasteiger partial charge in [-0.05, 0) is 37.3 Å². The summed E-state index contributed by atoms with van der Waals surface area (Å²) in [5.41, 5.74) is 0. The van der Waals surface area contributed by atoms with Crippen LogP contribution in [0.3, 0.4) is 0 Å². The fourth-order valence-corrected chi connectivity index (χ4v) is 2.98. The van der Waals surface area contributed by atoms with Gasteiger partial charge in [-0.25, -0.2) is 0 Å². The van der Waals surface area contributed by atoms with Gasteiger partial charge in [-0.1, -0.05) is 0 Å². The number of hydrogen-bond acceptors (Lipinski definition) is 5. The van der Waals surface area contributed by atoms with Crippen LogP contribution in [-0.4, -0.2) is 49.0 Å². The lowest BCUT2D eigenvalue weighted by atomic mass is 10.00. The van der Waals surface area contributed by atoms with Crippen molar-refractivity contribution in [3.63, 3.8) is 0 Å². The van der Waals surface area contributed by atoms with Gasteiger partial charge in [-0.3, -0.25) is 4.79 Å². The molecular weight excluding hydrogens is 268 g/mol. The van der Waals surface area contributed by atoms with Crippen molar-refractivity contribution in [2.45, 2.75) is 19.3 Å². The van der Waals surface area contributed by atoms with Gasteiger partial charge in [0.2, 0.25) is 5.91 Å². The fraction of sp³-hybridized carbons (Fsp3) is 0.667. The molecule has 0 radical (unpaired) electrons. The summed E-state index contributed by atoms with van der Waals surface area (Å²) in [6.45, 7) is 4.03. The summed E-state index contributed by atoms with van der Waals surface area (Å²) in [5, 5.41) is 11.1. The van der Waals surface area contributed by atoms with Crippen molar-refractivity contribution in [1.29, 1.82) is 0 Å². The molecule has 0 saturated carbocycles. The molecule has 2 saturated heterocycles. The monoisotopic (exact) mass is 290 g/mol. The van der Waals surface area contributed by atoms with Crippen molar-refractivity contribution in [3.8, 4) is 0 Å². The highest BCUT2D eigenvalue weighted by molar-refractivity contribution is 5.80. The third-order valence-electron chi connectivity index (χ3n) is 4.35. The second kappa shape index (κ2) is 6.85. The molecule has 0 spiro atoms. The van der Waals surface area contributed by atoms with E-state index in [-0.39, 0.29) is 11.8 Å². The Morgan fingerprint density at radius 1 is 1.38 bits per heavy atom. The third kappa shape index (κ3) is 3.69. The van der Waals surface area contributed by atoms with Gasteiger partial charge >= 0.3 is 0 Å². The summed E-state index contributed by atoms with van der Waals surface area (Å²) in [6.07, 6.45) is 4.65. The van der Waals surface area contributed by atoms with Gasteiger partial charge in [0.1, 0.15) is 0 Å². The van der Waals surface area contributed by atoms with Crippen LogP contribution in [0.2, 0.25) is 0 Å². The Labute approximate surface area is 124 Å². The Hall–Kier alpha value is -1.69. The number of amides is 1. The quantitative estimate of drug-likeness (QED) is 0.890. The first-order valence-electron chi connectivity index (χ1n) is 7.71. The molecular formula is C15H22N4O2. The number of carbonyl (C=O) groups excluding carboxylic acids is 1. The van der Waals surface area contributed by atoms with Gasteiger partial charge in [-0.15, -0.1) is 5.10 Å². The molecule has 6 nitrogen and oxygen atoms in total. The predicted molar refractivity (Wildman–Crippen MR) is 78.9 cm³/mol. The lowest BCUT2D eigenvalue weighted by Gasteiger charge is -2.23. The highest BCUT2D eigenvalue weighted by atomic mass is 16.5. The standard InChI is InChI=1S/C15H22N4O2/c20-15(16-10-12-4-8-21-9-5-12)13-3-7-19(11-13)14-2-1-6-17-18-14/h1-2,6,12-13H,3-5,7-11H2,(H,16,20). The van der Waals surface area contributed by atoms with Gasteiger partial charge < -0.3 is 15.0 Å². The number of ether oxygens (including phenoxy) is 1. The maximum Gasteiger partial charge on any atom is 0.224 e. The molecule has 2 fully saturated rings. The summed E-state index contributed by atoms with van der Waals surface area (Å²) in [4.78, 5) is 14.4. The Bertz CT molecular complexity index is 462. The number of hydrogen-bond donors (Lipinski definition) is 1. The van der Waals surface area contributed by atoms with Crippen molar-refractivity contribution in [3.05, 3.63) is 18.3 Å². The first kappa shape index (κ1) is 14.3. The minimum Gasteiger partial charge on any atom is -0.381 e. The number of nitrogens with one attached hydrogen (secondary N) is 1. The van der Waals surface area contributed by atoms with Crippen LogP contribution in [0, 0.1) is 11.8 Å². The van der Waals surface area contributed by atoms with Gasteiger partial charge in [0.15, 0.2) is 5.82 Å². The number of nitrogens with zero attached hydrogens (tertiary/aromatic N) is 3. The Balaban J connectivity index is 1.46. The van der Waals surface area contributed by atoms with Crippen molar-refractivity contribution in [2.24, 2.45) is 11.8 Å². The van der Waals surface area contributed by atoms with Crippen LogP contribution in [0.4, 0.5) is 5.82 Å². The van der Waals surface area contributed by atoms with E-state index in [0.29, 0.717) is 5.92 Å². The van der Waals surface area contributed by atoms with E-state index in [1.807, 2.05) is 12.1 Å². The number of carbonyl (C=O) groups is 1. The van der Waals surface area contributed by atoms with Crippen molar-refractivity contribution < 1.29 is 9.53 Å². The van der Waals surface area contributed by atoms with E-state index in [9.17, 15) is 4.79 Å². The maximum atomic E-state index is 12.3. The van der Waals surface area contributed by atoms with Gasteiger partial charge in [0, 0.05) is 39.0 Å². The number of aromatic nitrogens is 2. The topological polar surface area (TPSA) is 67.3 Å². The predicted octanol–water partition coefficient (Wildman–Crippen LogP) is 0.846. The van der Waals surface area contributed by atoms with Gasteiger partial charge in [-0.2, -0.15) is 5.10 Å². The summed E-state index contributed by atoms with van der Waals surface area (Å²) in [5.74, 6) is 1.66. The minimum atomic E-state index is 0.0619. The molecule has 1 atom stereocenters. The molecule has 1 aromatic rings. The molecule has 6 heteroatoms. The molecule has 0 aromatic carbocycles. The Kier molecular flexibility index (Phi) is 4.65. The molecule has 1 amide bonds. The zero-order chi connectivity index (χ0) is 14.5. The van der Waals surface area contributed by atoms with E-state index in [0.717, 1.165) is 57.9 Å². The fourth-order valence-electron chi connectivity index (χ4n) is 2.98. The van der Waals surface area contributed by atoms with Crippen molar-refractivity contribution in [1.82, 2.24) is 15.5 Å². The van der Waals surface area contributed by atoms with Crippen LogP contribution < -0.4 is 10.2 Å². The summed E-state index contributed by atoms with van der Waals surface area (Å²) >= 11 is 0. The van der Waals surface area contributed by atoms with E-state index in [4.69, 9.17) is 4.74 Å². The number of anilines is 1. The highest BCUT2D eigenvalue weighted by Crippen LogP contribution is 2.21. The summed E-state index contributed by atoms with van der Waals surface area (Å²) in [6, 6.07) is 3.82. The van der Waals surface area contributed by atoms with Crippen molar-refractivity contribution >= 4 is 11.7 Å². The molecule has 1 aromatic heterocycles. The molecule has 2 aliphatic rings. The van der Waals surface area contributed by atoms with E-state index < -0.39 is 0 Å². The average molecular weight is 290 g/mol. The zero-order valence-corrected chi connectivity index (χ0v) is 12.2. The lowest BCUT2D eigenvalue weighted by molar-refractivity contribution is -0.124. The van der Waals surface area contributed by atoms with E-state index in [1.165, 1.54) is 0 Å². The molecule has 0 bridgehead atoms. The molecule has 3 heterocycles. The maximum absolute atomic E-state index is 12.3. The van der Waals surface area contributed by atoms with Gasteiger partial charge in [0.05, 0.1) is 5.92 Å². The second-order valence-electron chi connectivity index (χ2n) is 5.81. The third-order valence-corrected chi connectivity index (χ3v) is 4.35. The lowest BCUT2D eigenvalue weighted by Crippen LogP contribution is -2.37. The van der Waals surface area contributed by atoms with Gasteiger partial charge in [0.25, 0.3) is 0 Å². The van der Waals surface area contributed by atoms with Crippen LogP contribution in [-0.2, 0) is 9.53 Å². The van der Waals surface area contributed by atoms with Crippen LogP contribution in [0.15, 0.2) is 18.3 Å².